The minimum absolute atomic E-state index is 0.0263. The average molecular weight is 168 g/mol. The molecule has 0 aliphatic heterocycles. The van der Waals surface area contributed by atoms with Crippen molar-refractivity contribution in [3.63, 3.8) is 0 Å². The van der Waals surface area contributed by atoms with Crippen molar-refractivity contribution in [2.24, 2.45) is 0 Å². The van der Waals surface area contributed by atoms with E-state index in [4.69, 9.17) is 9.52 Å². The Morgan fingerprint density at radius 1 is 1.58 bits per heavy atom. The number of hydrogen-bond donors (Lipinski definition) is 1. The molecule has 1 atom stereocenters. The maximum atomic E-state index is 10.8. The van der Waals surface area contributed by atoms with Gasteiger partial charge in [0.05, 0.1) is 6.07 Å². The van der Waals surface area contributed by atoms with Gasteiger partial charge in [-0.1, -0.05) is 13.8 Å². The predicted octanol–water partition coefficient (Wildman–Crippen LogP) is 1.86. The summed E-state index contributed by atoms with van der Waals surface area (Å²) >= 11 is 0. The molecule has 0 aliphatic rings. The van der Waals surface area contributed by atoms with Crippen molar-refractivity contribution in [2.45, 2.75) is 26.2 Å². The van der Waals surface area contributed by atoms with E-state index < -0.39 is 5.63 Å². The molecule has 1 aromatic rings. The van der Waals surface area contributed by atoms with Crippen LogP contribution in [-0.2, 0) is 0 Å². The van der Waals surface area contributed by atoms with Gasteiger partial charge in [0.25, 0.3) is 0 Å². The maximum absolute atomic E-state index is 10.8. The monoisotopic (exact) mass is 168 g/mol. The molecule has 0 spiro atoms. The fourth-order valence-corrected chi connectivity index (χ4v) is 0.927. The molecule has 0 saturated heterocycles. The number of rotatable bonds is 2. The van der Waals surface area contributed by atoms with Crippen LogP contribution in [0.3, 0.4) is 0 Å². The van der Waals surface area contributed by atoms with E-state index in [1.165, 1.54) is 6.07 Å². The Morgan fingerprint density at radius 2 is 2.25 bits per heavy atom. The Balaban J connectivity index is 3.08. The van der Waals surface area contributed by atoms with E-state index in [1.54, 1.807) is 0 Å². The van der Waals surface area contributed by atoms with Crippen molar-refractivity contribution < 1.29 is 9.52 Å². The highest BCUT2D eigenvalue weighted by atomic mass is 16.4. The summed E-state index contributed by atoms with van der Waals surface area (Å²) in [6, 6.07) is 2.54. The van der Waals surface area contributed by atoms with E-state index in [9.17, 15) is 4.79 Å². The molecule has 0 radical (unpaired) electrons. The van der Waals surface area contributed by atoms with Crippen LogP contribution in [0.25, 0.3) is 0 Å². The molecule has 12 heavy (non-hydrogen) atoms. The lowest BCUT2D eigenvalue weighted by Gasteiger charge is -2.05. The Labute approximate surface area is 70.7 Å². The third-order valence-corrected chi connectivity index (χ3v) is 1.87. The third kappa shape index (κ3) is 1.87. The molecule has 1 unspecified atom stereocenters. The van der Waals surface area contributed by atoms with Crippen LogP contribution in [-0.4, -0.2) is 5.11 Å². The lowest BCUT2D eigenvalue weighted by Crippen LogP contribution is -2.01. The van der Waals surface area contributed by atoms with E-state index in [0.29, 0.717) is 5.76 Å². The Bertz CT molecular complexity index is 314. The zero-order valence-corrected chi connectivity index (χ0v) is 7.20. The van der Waals surface area contributed by atoms with Crippen molar-refractivity contribution in [3.05, 3.63) is 28.3 Å². The van der Waals surface area contributed by atoms with Gasteiger partial charge in [-0.25, -0.2) is 4.79 Å². The van der Waals surface area contributed by atoms with Gasteiger partial charge in [-0.05, 0) is 6.42 Å². The predicted molar refractivity (Wildman–Crippen MR) is 45.3 cm³/mol. The summed E-state index contributed by atoms with van der Waals surface area (Å²) < 4.78 is 4.90. The van der Waals surface area contributed by atoms with Gasteiger partial charge in [-0.2, -0.15) is 0 Å². The zero-order valence-electron chi connectivity index (χ0n) is 7.20. The first-order chi connectivity index (χ1) is 5.63. The van der Waals surface area contributed by atoms with E-state index >= 15 is 0 Å². The molecule has 3 nitrogen and oxygen atoms in total. The van der Waals surface area contributed by atoms with E-state index in [-0.39, 0.29) is 11.7 Å². The fourth-order valence-electron chi connectivity index (χ4n) is 0.927. The van der Waals surface area contributed by atoms with Gasteiger partial charge >= 0.3 is 5.63 Å². The number of aromatic hydroxyl groups is 1. The summed E-state index contributed by atoms with van der Waals surface area (Å²) in [5.41, 5.74) is -0.495. The van der Waals surface area contributed by atoms with Crippen molar-refractivity contribution >= 4 is 0 Å². The second kappa shape index (κ2) is 3.43. The maximum Gasteiger partial charge on any atom is 0.339 e. The number of hydrogen-bond acceptors (Lipinski definition) is 3. The SMILES string of the molecule is CCC(C)c1cc(O)cc(=O)o1. The summed E-state index contributed by atoms with van der Waals surface area (Å²) in [5.74, 6) is 0.689. The summed E-state index contributed by atoms with van der Waals surface area (Å²) in [5, 5.41) is 9.08. The van der Waals surface area contributed by atoms with Crippen LogP contribution in [0.15, 0.2) is 21.3 Å². The second-order valence-corrected chi connectivity index (χ2v) is 2.85. The van der Waals surface area contributed by atoms with E-state index in [2.05, 4.69) is 0 Å². The molecule has 0 fully saturated rings. The van der Waals surface area contributed by atoms with Gasteiger partial charge in [-0.15, -0.1) is 0 Å². The average Bonchev–Trinajstić information content (AvgIpc) is 2.01. The molecule has 1 rings (SSSR count). The molecule has 3 heteroatoms. The van der Waals surface area contributed by atoms with Crippen LogP contribution < -0.4 is 5.63 Å². The summed E-state index contributed by atoms with van der Waals surface area (Å²) in [6.45, 7) is 3.94. The lowest BCUT2D eigenvalue weighted by atomic mass is 10.1. The standard InChI is InChI=1S/C9H12O3/c1-3-6(2)8-4-7(10)5-9(11)12-8/h4-6,10H,3H2,1-2H3. The normalized spacial score (nSPS) is 12.8. The first-order valence-corrected chi connectivity index (χ1v) is 3.97. The lowest BCUT2D eigenvalue weighted by molar-refractivity contribution is 0.403. The smallest absolute Gasteiger partial charge is 0.339 e. The molecule has 0 saturated carbocycles. The first-order valence-electron chi connectivity index (χ1n) is 3.97. The highest BCUT2D eigenvalue weighted by Gasteiger charge is 2.07. The quantitative estimate of drug-likeness (QED) is 0.733. The third-order valence-electron chi connectivity index (χ3n) is 1.87. The molecule has 0 bridgehead atoms. The Hall–Kier alpha value is -1.25. The van der Waals surface area contributed by atoms with Gasteiger partial charge in [0.15, 0.2) is 0 Å². The zero-order chi connectivity index (χ0) is 9.14. The van der Waals surface area contributed by atoms with Crippen LogP contribution in [0.2, 0.25) is 0 Å². The molecule has 66 valence electrons. The molecule has 1 heterocycles. The van der Waals surface area contributed by atoms with Gasteiger partial charge in [-0.3, -0.25) is 0 Å². The fraction of sp³-hybridized carbons (Fsp3) is 0.444. The largest absolute Gasteiger partial charge is 0.508 e. The van der Waals surface area contributed by atoms with Gasteiger partial charge < -0.3 is 9.52 Å². The van der Waals surface area contributed by atoms with E-state index in [0.717, 1.165) is 12.5 Å². The molecule has 1 aromatic heterocycles. The molecule has 0 aliphatic carbocycles. The minimum atomic E-state index is -0.495. The van der Waals surface area contributed by atoms with Crippen LogP contribution in [0, 0.1) is 0 Å². The van der Waals surface area contributed by atoms with E-state index in [1.807, 2.05) is 13.8 Å². The Morgan fingerprint density at radius 3 is 2.75 bits per heavy atom. The second-order valence-electron chi connectivity index (χ2n) is 2.85. The van der Waals surface area contributed by atoms with Crippen molar-refractivity contribution in [1.29, 1.82) is 0 Å². The minimum Gasteiger partial charge on any atom is -0.508 e. The molecule has 1 N–H and O–H groups in total. The molecule has 0 amide bonds. The Kier molecular flexibility index (Phi) is 2.53. The molecule has 0 aromatic carbocycles. The highest BCUT2D eigenvalue weighted by Crippen LogP contribution is 2.19. The highest BCUT2D eigenvalue weighted by molar-refractivity contribution is 5.20. The van der Waals surface area contributed by atoms with Crippen LogP contribution in [0.1, 0.15) is 31.9 Å². The van der Waals surface area contributed by atoms with Gasteiger partial charge in [0.1, 0.15) is 11.5 Å². The van der Waals surface area contributed by atoms with Crippen LogP contribution in [0.4, 0.5) is 0 Å². The van der Waals surface area contributed by atoms with Crippen LogP contribution in [0.5, 0.6) is 5.75 Å². The van der Waals surface area contributed by atoms with Gasteiger partial charge in [0.2, 0.25) is 0 Å². The van der Waals surface area contributed by atoms with Crippen molar-refractivity contribution in [3.8, 4) is 5.75 Å². The van der Waals surface area contributed by atoms with Crippen molar-refractivity contribution in [1.82, 2.24) is 0 Å². The van der Waals surface area contributed by atoms with Crippen LogP contribution >= 0.6 is 0 Å². The topological polar surface area (TPSA) is 50.4 Å². The summed E-state index contributed by atoms with van der Waals surface area (Å²) in [4.78, 5) is 10.8. The first kappa shape index (κ1) is 8.84. The molecular weight excluding hydrogens is 156 g/mol. The van der Waals surface area contributed by atoms with Gasteiger partial charge in [0, 0.05) is 12.0 Å². The van der Waals surface area contributed by atoms with Crippen molar-refractivity contribution in [2.75, 3.05) is 0 Å². The summed E-state index contributed by atoms with van der Waals surface area (Å²) in [7, 11) is 0. The molecular formula is C9H12O3. The summed E-state index contributed by atoms with van der Waals surface area (Å²) in [6.07, 6.45) is 0.881.